The highest BCUT2D eigenvalue weighted by Gasteiger charge is 2.34. The molecule has 1 aromatic carbocycles. The van der Waals surface area contributed by atoms with Gasteiger partial charge in [0.2, 0.25) is 0 Å². The van der Waals surface area contributed by atoms with Gasteiger partial charge in [-0.2, -0.15) is 13.2 Å². The largest absolute Gasteiger partial charge is 0.418 e. The number of alkyl halides is 3. The number of anilines is 1. The summed E-state index contributed by atoms with van der Waals surface area (Å²) < 4.78 is 38.3. The third-order valence-corrected chi connectivity index (χ3v) is 3.29. The molecule has 0 aliphatic carbocycles. The number of benzene rings is 1. The number of nitrogen functional groups attached to an aromatic ring is 1. The predicted octanol–water partition coefficient (Wildman–Crippen LogP) is 3.55. The number of amides is 1. The van der Waals surface area contributed by atoms with E-state index in [1.54, 1.807) is 7.05 Å². The highest BCUT2D eigenvalue weighted by Crippen LogP contribution is 2.34. The summed E-state index contributed by atoms with van der Waals surface area (Å²) in [5, 5.41) is 0. The molecule has 112 valence electrons. The first kappa shape index (κ1) is 16.3. The van der Waals surface area contributed by atoms with Gasteiger partial charge in [0, 0.05) is 24.3 Å². The maximum atomic E-state index is 12.8. The molecule has 0 aromatic heterocycles. The van der Waals surface area contributed by atoms with E-state index in [0.717, 1.165) is 25.0 Å². The predicted molar refractivity (Wildman–Crippen MR) is 72.3 cm³/mol. The van der Waals surface area contributed by atoms with Crippen molar-refractivity contribution in [2.75, 3.05) is 12.8 Å². The molecule has 0 spiro atoms. The molecular weight excluding hydrogens is 269 g/mol. The number of nitrogens with two attached hydrogens (primary N) is 1. The minimum atomic E-state index is -4.56. The van der Waals surface area contributed by atoms with Crippen molar-refractivity contribution >= 4 is 11.6 Å². The molecule has 0 heterocycles. The molecule has 3 nitrogen and oxygen atoms in total. The summed E-state index contributed by atoms with van der Waals surface area (Å²) >= 11 is 0. The Morgan fingerprint density at radius 2 is 2.00 bits per heavy atom. The second kappa shape index (κ2) is 6.15. The van der Waals surface area contributed by atoms with Crippen molar-refractivity contribution in [2.45, 2.75) is 38.9 Å². The second-order valence-electron chi connectivity index (χ2n) is 4.85. The van der Waals surface area contributed by atoms with Gasteiger partial charge in [0.05, 0.1) is 5.56 Å². The topological polar surface area (TPSA) is 46.3 Å². The molecule has 0 aliphatic heterocycles. The van der Waals surface area contributed by atoms with Crippen molar-refractivity contribution in [3.63, 3.8) is 0 Å². The summed E-state index contributed by atoms with van der Waals surface area (Å²) in [7, 11) is 1.59. The Hall–Kier alpha value is -1.72. The normalized spacial score (nSPS) is 13.1. The fourth-order valence-electron chi connectivity index (χ4n) is 1.95. The number of halogens is 3. The van der Waals surface area contributed by atoms with Gasteiger partial charge in [0.1, 0.15) is 0 Å². The molecule has 0 bridgehead atoms. The lowest BCUT2D eigenvalue weighted by molar-refractivity contribution is -0.136. The van der Waals surface area contributed by atoms with E-state index in [9.17, 15) is 18.0 Å². The van der Waals surface area contributed by atoms with Gasteiger partial charge in [-0.05, 0) is 31.5 Å². The van der Waals surface area contributed by atoms with E-state index in [2.05, 4.69) is 0 Å². The van der Waals surface area contributed by atoms with Crippen LogP contribution in [-0.4, -0.2) is 23.9 Å². The lowest BCUT2D eigenvalue weighted by Crippen LogP contribution is -2.35. The molecule has 0 aliphatic rings. The van der Waals surface area contributed by atoms with Crippen molar-refractivity contribution in [3.05, 3.63) is 29.3 Å². The quantitative estimate of drug-likeness (QED) is 0.861. The fourth-order valence-corrected chi connectivity index (χ4v) is 1.95. The van der Waals surface area contributed by atoms with Gasteiger partial charge in [-0.15, -0.1) is 0 Å². The van der Waals surface area contributed by atoms with Gasteiger partial charge in [0.25, 0.3) is 5.91 Å². The summed E-state index contributed by atoms with van der Waals surface area (Å²) in [5.41, 5.74) is 3.96. The molecular formula is C14H19F3N2O. The average molecular weight is 288 g/mol. The number of hydrogen-bond acceptors (Lipinski definition) is 2. The van der Waals surface area contributed by atoms with Crippen LogP contribution in [0.2, 0.25) is 0 Å². The van der Waals surface area contributed by atoms with E-state index < -0.39 is 17.6 Å². The molecule has 2 N–H and O–H groups in total. The maximum Gasteiger partial charge on any atom is 0.418 e. The lowest BCUT2D eigenvalue weighted by Gasteiger charge is -2.25. The van der Waals surface area contributed by atoms with E-state index in [4.69, 9.17) is 5.73 Å². The number of nitrogens with zero attached hydrogens (tertiary/aromatic N) is 1. The first-order chi connectivity index (χ1) is 9.18. The molecule has 1 aromatic rings. The van der Waals surface area contributed by atoms with Gasteiger partial charge >= 0.3 is 6.18 Å². The molecule has 1 atom stereocenters. The number of hydrogen-bond donors (Lipinski definition) is 1. The van der Waals surface area contributed by atoms with Crippen molar-refractivity contribution < 1.29 is 18.0 Å². The Bertz CT molecular complexity index is 486. The number of rotatable bonds is 4. The van der Waals surface area contributed by atoms with Gasteiger partial charge in [-0.25, -0.2) is 0 Å². The zero-order valence-electron chi connectivity index (χ0n) is 11.8. The first-order valence-electron chi connectivity index (χ1n) is 6.42. The standard InChI is InChI=1S/C14H19F3N2O/c1-4-5-9(2)19(3)13(20)10-6-7-12(18)11(8-10)14(15,16)17/h6-9H,4-5,18H2,1-3H3. The summed E-state index contributed by atoms with van der Waals surface area (Å²) in [6.45, 7) is 3.85. The Kier molecular flexibility index (Phi) is 5.03. The van der Waals surface area contributed by atoms with E-state index in [0.29, 0.717) is 0 Å². The zero-order chi connectivity index (χ0) is 15.5. The Balaban J connectivity index is 3.06. The van der Waals surface area contributed by atoms with E-state index >= 15 is 0 Å². The maximum absolute atomic E-state index is 12.8. The summed E-state index contributed by atoms with van der Waals surface area (Å²) in [6, 6.07) is 3.22. The fraction of sp³-hybridized carbons (Fsp3) is 0.500. The Morgan fingerprint density at radius 3 is 2.50 bits per heavy atom. The molecule has 0 saturated heterocycles. The van der Waals surface area contributed by atoms with Crippen LogP contribution in [-0.2, 0) is 6.18 Å². The van der Waals surface area contributed by atoms with Crippen molar-refractivity contribution in [1.82, 2.24) is 4.90 Å². The summed E-state index contributed by atoms with van der Waals surface area (Å²) in [6.07, 6.45) is -2.87. The third kappa shape index (κ3) is 3.65. The van der Waals surface area contributed by atoms with Gasteiger partial charge in [0.15, 0.2) is 0 Å². The van der Waals surface area contributed by atoms with Crippen LogP contribution in [0.3, 0.4) is 0 Å². The van der Waals surface area contributed by atoms with Gasteiger partial charge in [-0.3, -0.25) is 4.79 Å². The van der Waals surface area contributed by atoms with Crippen LogP contribution in [0, 0.1) is 0 Å². The number of carbonyl (C=O) groups is 1. The molecule has 0 fully saturated rings. The van der Waals surface area contributed by atoms with E-state index in [1.165, 1.54) is 11.0 Å². The van der Waals surface area contributed by atoms with Crippen LogP contribution in [0.4, 0.5) is 18.9 Å². The van der Waals surface area contributed by atoms with Gasteiger partial charge in [-0.1, -0.05) is 13.3 Å². The molecule has 0 radical (unpaired) electrons. The van der Waals surface area contributed by atoms with E-state index in [-0.39, 0.29) is 17.3 Å². The lowest BCUT2D eigenvalue weighted by atomic mass is 10.1. The molecule has 20 heavy (non-hydrogen) atoms. The highest BCUT2D eigenvalue weighted by molar-refractivity contribution is 5.95. The van der Waals surface area contributed by atoms with Crippen molar-refractivity contribution in [2.24, 2.45) is 0 Å². The van der Waals surface area contributed by atoms with Crippen LogP contribution in [0.25, 0.3) is 0 Å². The molecule has 1 unspecified atom stereocenters. The molecule has 1 amide bonds. The smallest absolute Gasteiger partial charge is 0.398 e. The minimum Gasteiger partial charge on any atom is -0.398 e. The van der Waals surface area contributed by atoms with Crippen molar-refractivity contribution in [1.29, 1.82) is 0 Å². The second-order valence-corrected chi connectivity index (χ2v) is 4.85. The van der Waals surface area contributed by atoms with Crippen molar-refractivity contribution in [3.8, 4) is 0 Å². The van der Waals surface area contributed by atoms with Crippen LogP contribution < -0.4 is 5.73 Å². The van der Waals surface area contributed by atoms with Crippen LogP contribution in [0.1, 0.15) is 42.6 Å². The SMILES string of the molecule is CCCC(C)N(C)C(=O)c1ccc(N)c(C(F)(F)F)c1. The minimum absolute atomic E-state index is 0.00280. The molecule has 6 heteroatoms. The average Bonchev–Trinajstić information content (AvgIpc) is 2.36. The first-order valence-corrected chi connectivity index (χ1v) is 6.42. The third-order valence-electron chi connectivity index (χ3n) is 3.29. The van der Waals surface area contributed by atoms with Crippen LogP contribution in [0.15, 0.2) is 18.2 Å². The summed E-state index contributed by atoms with van der Waals surface area (Å²) in [5.74, 6) is -0.434. The Labute approximate surface area is 116 Å². The van der Waals surface area contributed by atoms with Crippen LogP contribution in [0.5, 0.6) is 0 Å². The van der Waals surface area contributed by atoms with E-state index in [1.807, 2.05) is 13.8 Å². The summed E-state index contributed by atoms with van der Waals surface area (Å²) in [4.78, 5) is 13.6. The van der Waals surface area contributed by atoms with Gasteiger partial charge < -0.3 is 10.6 Å². The monoisotopic (exact) mass is 288 g/mol. The zero-order valence-corrected chi connectivity index (χ0v) is 11.8. The van der Waals surface area contributed by atoms with Crippen LogP contribution >= 0.6 is 0 Å². The molecule has 1 rings (SSSR count). The number of carbonyl (C=O) groups excluding carboxylic acids is 1. The Morgan fingerprint density at radius 1 is 1.40 bits per heavy atom. The highest BCUT2D eigenvalue weighted by atomic mass is 19.4. The molecule has 0 saturated carbocycles.